The number of amides is 1. The van der Waals surface area contributed by atoms with Crippen molar-refractivity contribution in [3.05, 3.63) is 29.3 Å². The molecule has 0 unspecified atom stereocenters. The molecule has 0 spiro atoms. The van der Waals surface area contributed by atoms with Crippen LogP contribution in [0.15, 0.2) is 18.2 Å². The van der Waals surface area contributed by atoms with Gasteiger partial charge in [0.05, 0.1) is 17.8 Å². The average Bonchev–Trinajstić information content (AvgIpc) is 3.24. The van der Waals surface area contributed by atoms with Gasteiger partial charge in [-0.2, -0.15) is 0 Å². The Morgan fingerprint density at radius 3 is 2.80 bits per heavy atom. The van der Waals surface area contributed by atoms with E-state index in [1.54, 1.807) is 18.2 Å². The summed E-state index contributed by atoms with van der Waals surface area (Å²) in [4.78, 5) is 14.4. The topological polar surface area (TPSA) is 49.8 Å². The third kappa shape index (κ3) is 2.66. The number of aromatic hydroxyl groups is 1. The molecule has 2 aliphatic rings. The quantitative estimate of drug-likeness (QED) is 0.901. The minimum atomic E-state index is -0.0907. The Kier molecular flexibility index (Phi) is 3.42. The number of phenolic OH excluding ortho intramolecular Hbond substituents is 1. The Hall–Kier alpha value is -1.55. The first-order valence-corrected chi connectivity index (χ1v) is 7.29. The van der Waals surface area contributed by atoms with Gasteiger partial charge in [0.25, 0.3) is 5.91 Å². The molecule has 1 aromatic rings. The maximum Gasteiger partial charge on any atom is 0.257 e. The fourth-order valence-corrected chi connectivity index (χ4v) is 2.87. The summed E-state index contributed by atoms with van der Waals surface area (Å²) in [5.74, 6) is 0.578. The van der Waals surface area contributed by atoms with Crippen LogP contribution in [0.5, 0.6) is 5.75 Å². The largest absolute Gasteiger partial charge is 0.507 e. The van der Waals surface area contributed by atoms with Crippen LogP contribution in [0.2, 0.25) is 0 Å². The number of morpholine rings is 1. The Labute approximate surface area is 119 Å². The molecule has 2 atom stereocenters. The standard InChI is InChI=1S/C16H21NO3/c1-10-3-6-14(18)13(7-10)16(19)17-8-11(2)20-15(9-17)12-4-5-12/h3,6-7,11-12,15,18H,4-5,8-9H2,1-2H3/t11-,15+/m1/s1. The van der Waals surface area contributed by atoms with Crippen molar-refractivity contribution < 1.29 is 14.6 Å². The van der Waals surface area contributed by atoms with E-state index < -0.39 is 0 Å². The zero-order chi connectivity index (χ0) is 14.3. The van der Waals surface area contributed by atoms with Crippen molar-refractivity contribution in [2.24, 2.45) is 5.92 Å². The normalized spacial score (nSPS) is 26.6. The summed E-state index contributed by atoms with van der Waals surface area (Å²) in [5.41, 5.74) is 1.37. The smallest absolute Gasteiger partial charge is 0.257 e. The fraction of sp³-hybridized carbons (Fsp3) is 0.562. The van der Waals surface area contributed by atoms with Gasteiger partial charge in [0.15, 0.2) is 0 Å². The number of phenols is 1. The van der Waals surface area contributed by atoms with E-state index in [-0.39, 0.29) is 23.9 Å². The second kappa shape index (κ2) is 5.09. The average molecular weight is 275 g/mol. The zero-order valence-electron chi connectivity index (χ0n) is 12.0. The van der Waals surface area contributed by atoms with Crippen LogP contribution in [0.3, 0.4) is 0 Å². The van der Waals surface area contributed by atoms with E-state index in [4.69, 9.17) is 4.74 Å². The van der Waals surface area contributed by atoms with Gasteiger partial charge in [-0.25, -0.2) is 0 Å². The van der Waals surface area contributed by atoms with Gasteiger partial charge in [-0.05, 0) is 44.7 Å². The molecule has 108 valence electrons. The lowest BCUT2D eigenvalue weighted by molar-refractivity contribution is -0.0762. The molecule has 1 aliphatic carbocycles. The van der Waals surface area contributed by atoms with E-state index in [9.17, 15) is 9.90 Å². The van der Waals surface area contributed by atoms with Crippen LogP contribution < -0.4 is 0 Å². The predicted octanol–water partition coefficient (Wildman–Crippen LogP) is 2.34. The van der Waals surface area contributed by atoms with Gasteiger partial charge < -0.3 is 14.7 Å². The predicted molar refractivity (Wildman–Crippen MR) is 75.8 cm³/mol. The van der Waals surface area contributed by atoms with E-state index in [0.717, 1.165) is 5.56 Å². The zero-order valence-corrected chi connectivity index (χ0v) is 12.0. The first-order valence-electron chi connectivity index (χ1n) is 7.29. The molecular formula is C16H21NO3. The van der Waals surface area contributed by atoms with E-state index in [1.807, 2.05) is 18.7 Å². The van der Waals surface area contributed by atoms with Crippen LogP contribution >= 0.6 is 0 Å². The van der Waals surface area contributed by atoms with E-state index in [2.05, 4.69) is 0 Å². The monoisotopic (exact) mass is 275 g/mol. The highest BCUT2D eigenvalue weighted by Gasteiger charge is 2.39. The second-order valence-electron chi connectivity index (χ2n) is 6.05. The van der Waals surface area contributed by atoms with Crippen LogP contribution in [0.4, 0.5) is 0 Å². The van der Waals surface area contributed by atoms with Crippen LogP contribution in [-0.4, -0.2) is 41.2 Å². The highest BCUT2D eigenvalue weighted by Crippen LogP contribution is 2.37. The number of carbonyl (C=O) groups is 1. The molecule has 0 aromatic heterocycles. The van der Waals surface area contributed by atoms with Gasteiger partial charge in [0.2, 0.25) is 0 Å². The minimum absolute atomic E-state index is 0.0581. The lowest BCUT2D eigenvalue weighted by Crippen LogP contribution is -2.49. The van der Waals surface area contributed by atoms with Gasteiger partial charge in [-0.1, -0.05) is 11.6 Å². The van der Waals surface area contributed by atoms with Crippen molar-refractivity contribution >= 4 is 5.91 Å². The summed E-state index contributed by atoms with van der Waals surface area (Å²) in [6.45, 7) is 5.16. The van der Waals surface area contributed by atoms with Crippen molar-refractivity contribution in [2.45, 2.75) is 38.9 Å². The molecule has 1 heterocycles. The van der Waals surface area contributed by atoms with Crippen LogP contribution in [0.1, 0.15) is 35.7 Å². The van der Waals surface area contributed by atoms with Gasteiger partial charge >= 0.3 is 0 Å². The number of carbonyl (C=O) groups excluding carboxylic acids is 1. The third-order valence-electron chi connectivity index (χ3n) is 4.10. The summed E-state index contributed by atoms with van der Waals surface area (Å²) in [5, 5.41) is 9.91. The van der Waals surface area contributed by atoms with E-state index in [0.29, 0.717) is 24.6 Å². The molecule has 0 bridgehead atoms. The van der Waals surface area contributed by atoms with Gasteiger partial charge in [0, 0.05) is 13.1 Å². The number of rotatable bonds is 2. The molecule has 1 aromatic carbocycles. The molecule has 1 aliphatic heterocycles. The summed E-state index contributed by atoms with van der Waals surface area (Å²) < 4.78 is 5.92. The highest BCUT2D eigenvalue weighted by molar-refractivity contribution is 5.97. The molecule has 0 radical (unpaired) electrons. The molecule has 20 heavy (non-hydrogen) atoms. The Morgan fingerprint density at radius 2 is 2.10 bits per heavy atom. The maximum atomic E-state index is 12.6. The van der Waals surface area contributed by atoms with Crippen molar-refractivity contribution in [2.75, 3.05) is 13.1 Å². The van der Waals surface area contributed by atoms with Crippen LogP contribution in [-0.2, 0) is 4.74 Å². The van der Waals surface area contributed by atoms with E-state index in [1.165, 1.54) is 12.8 Å². The molecular weight excluding hydrogens is 254 g/mol. The van der Waals surface area contributed by atoms with Crippen molar-refractivity contribution in [3.8, 4) is 5.75 Å². The molecule has 1 saturated heterocycles. The Balaban J connectivity index is 1.80. The molecule has 2 fully saturated rings. The summed E-state index contributed by atoms with van der Waals surface area (Å²) in [6.07, 6.45) is 2.63. The summed E-state index contributed by atoms with van der Waals surface area (Å²) in [6, 6.07) is 5.15. The number of aryl methyl sites for hydroxylation is 1. The van der Waals surface area contributed by atoms with Crippen molar-refractivity contribution in [1.29, 1.82) is 0 Å². The molecule has 1 N–H and O–H groups in total. The lowest BCUT2D eigenvalue weighted by atomic mass is 10.1. The van der Waals surface area contributed by atoms with Crippen molar-refractivity contribution in [3.63, 3.8) is 0 Å². The van der Waals surface area contributed by atoms with E-state index >= 15 is 0 Å². The lowest BCUT2D eigenvalue weighted by Gasteiger charge is -2.37. The van der Waals surface area contributed by atoms with Gasteiger partial charge in [-0.15, -0.1) is 0 Å². The van der Waals surface area contributed by atoms with Gasteiger partial charge in [-0.3, -0.25) is 4.79 Å². The molecule has 3 rings (SSSR count). The van der Waals surface area contributed by atoms with Gasteiger partial charge in [0.1, 0.15) is 5.75 Å². The van der Waals surface area contributed by atoms with Crippen LogP contribution in [0, 0.1) is 12.8 Å². The number of ether oxygens (including phenoxy) is 1. The number of hydrogen-bond donors (Lipinski definition) is 1. The first-order chi connectivity index (χ1) is 9.54. The molecule has 1 saturated carbocycles. The first kappa shape index (κ1) is 13.4. The SMILES string of the molecule is Cc1ccc(O)c(C(=O)N2C[C@@H](C)O[C@H](C3CC3)C2)c1. The number of nitrogens with zero attached hydrogens (tertiary/aromatic N) is 1. The number of benzene rings is 1. The third-order valence-corrected chi connectivity index (χ3v) is 4.10. The second-order valence-corrected chi connectivity index (χ2v) is 6.05. The number of hydrogen-bond acceptors (Lipinski definition) is 3. The fourth-order valence-electron chi connectivity index (χ4n) is 2.87. The Morgan fingerprint density at radius 1 is 1.35 bits per heavy atom. The summed E-state index contributed by atoms with van der Waals surface area (Å²) >= 11 is 0. The molecule has 4 heteroatoms. The molecule has 4 nitrogen and oxygen atoms in total. The minimum Gasteiger partial charge on any atom is -0.507 e. The van der Waals surface area contributed by atoms with Crippen molar-refractivity contribution in [1.82, 2.24) is 4.90 Å². The Bertz CT molecular complexity index is 524. The summed E-state index contributed by atoms with van der Waals surface area (Å²) in [7, 11) is 0. The molecule has 1 amide bonds. The highest BCUT2D eigenvalue weighted by atomic mass is 16.5. The maximum absolute atomic E-state index is 12.6. The van der Waals surface area contributed by atoms with Crippen LogP contribution in [0.25, 0.3) is 0 Å².